The van der Waals surface area contributed by atoms with Crippen LogP contribution in [0.25, 0.3) is 10.8 Å². The molecule has 8 heteroatoms. The van der Waals surface area contributed by atoms with E-state index in [9.17, 15) is 19.5 Å². The van der Waals surface area contributed by atoms with Crippen molar-refractivity contribution < 1.29 is 19.5 Å². The number of anilines is 1. The minimum Gasteiger partial charge on any atom is -0.396 e. The maximum atomic E-state index is 13.9. The van der Waals surface area contributed by atoms with E-state index in [1.54, 1.807) is 16.7 Å². The van der Waals surface area contributed by atoms with E-state index in [-0.39, 0.29) is 35.5 Å². The molecule has 3 heterocycles. The molecule has 3 aliphatic rings. The molecule has 0 aliphatic carbocycles. The van der Waals surface area contributed by atoms with E-state index in [2.05, 4.69) is 17.6 Å². The molecule has 186 valence electrons. The Morgan fingerprint density at radius 3 is 2.69 bits per heavy atom. The van der Waals surface area contributed by atoms with Gasteiger partial charge in [-0.3, -0.25) is 14.4 Å². The van der Waals surface area contributed by atoms with Crippen LogP contribution in [0.15, 0.2) is 42.5 Å². The number of thioether (sulfide) groups is 1. The summed E-state index contributed by atoms with van der Waals surface area (Å²) in [6, 6.07) is 13.1. The second-order valence-corrected chi connectivity index (χ2v) is 11.6. The first-order chi connectivity index (χ1) is 16.9. The van der Waals surface area contributed by atoms with Gasteiger partial charge in [0.1, 0.15) is 6.04 Å². The van der Waals surface area contributed by atoms with Crippen molar-refractivity contribution in [1.29, 1.82) is 0 Å². The minimum atomic E-state index is -0.688. The standard InChI is InChI=1S/C27H33N3O4S/c1-3-11-28-24(32)21-20-14-16(2)27(35-20)22(21)26(34)30(12-6-13-31)23(27)25(33)29-19-10-9-17-7-4-5-8-18(17)15-19/h4-5,7-10,15-16,20-23,31H,3,6,11-14H2,1-2H3,(H,28,32)(H,29,33)/t16?,20-,21+,22+,23?,27?/m1/s1. The molecule has 0 saturated carbocycles. The highest BCUT2D eigenvalue weighted by molar-refractivity contribution is 8.02. The Labute approximate surface area is 210 Å². The lowest BCUT2D eigenvalue weighted by Crippen LogP contribution is -2.55. The Bertz CT molecular complexity index is 1160. The molecule has 2 aromatic carbocycles. The van der Waals surface area contributed by atoms with Crippen LogP contribution in [0, 0.1) is 17.8 Å². The number of aliphatic hydroxyl groups excluding tert-OH is 1. The van der Waals surface area contributed by atoms with E-state index in [0.29, 0.717) is 25.2 Å². The first-order valence-corrected chi connectivity index (χ1v) is 13.5. The molecule has 2 aromatic rings. The maximum absolute atomic E-state index is 13.9. The number of nitrogens with zero attached hydrogens (tertiary/aromatic N) is 1. The quantitative estimate of drug-likeness (QED) is 0.523. The highest BCUT2D eigenvalue weighted by Crippen LogP contribution is 2.68. The molecule has 7 nitrogen and oxygen atoms in total. The van der Waals surface area contributed by atoms with Gasteiger partial charge >= 0.3 is 0 Å². The number of benzene rings is 2. The lowest BCUT2D eigenvalue weighted by atomic mass is 9.66. The summed E-state index contributed by atoms with van der Waals surface area (Å²) in [5.74, 6) is -1.25. The summed E-state index contributed by atoms with van der Waals surface area (Å²) in [7, 11) is 0. The molecule has 3 saturated heterocycles. The third-order valence-electron chi connectivity index (χ3n) is 7.92. The van der Waals surface area contributed by atoms with Crippen molar-refractivity contribution in [2.45, 2.75) is 49.1 Å². The second-order valence-electron chi connectivity index (χ2n) is 10.0. The average molecular weight is 496 g/mol. The van der Waals surface area contributed by atoms with Crippen LogP contribution in [0.4, 0.5) is 5.69 Å². The predicted octanol–water partition coefficient (Wildman–Crippen LogP) is 3.02. The molecule has 2 bridgehead atoms. The maximum Gasteiger partial charge on any atom is 0.248 e. The van der Waals surface area contributed by atoms with Crippen molar-refractivity contribution in [1.82, 2.24) is 10.2 Å². The number of carbonyl (C=O) groups excluding carboxylic acids is 3. The van der Waals surface area contributed by atoms with E-state index >= 15 is 0 Å². The summed E-state index contributed by atoms with van der Waals surface area (Å²) in [5, 5.41) is 17.7. The van der Waals surface area contributed by atoms with Crippen molar-refractivity contribution >= 4 is 45.9 Å². The van der Waals surface area contributed by atoms with Crippen molar-refractivity contribution in [3.05, 3.63) is 42.5 Å². The molecular formula is C27H33N3O4S. The SMILES string of the molecule is CCCNC(=O)[C@@H]1[C@H]2C(=O)N(CCCO)C(C(=O)Nc3ccc4ccccc4c3)C23S[C@@H]1CC3C. The number of fused-ring (bicyclic) bond motifs is 2. The summed E-state index contributed by atoms with van der Waals surface area (Å²) >= 11 is 1.67. The highest BCUT2D eigenvalue weighted by Gasteiger charge is 2.75. The van der Waals surface area contributed by atoms with E-state index in [1.807, 2.05) is 49.4 Å². The number of hydrogen-bond acceptors (Lipinski definition) is 5. The Balaban J connectivity index is 1.49. The summed E-state index contributed by atoms with van der Waals surface area (Å²) in [5.41, 5.74) is 0.686. The van der Waals surface area contributed by atoms with Crippen LogP contribution < -0.4 is 10.6 Å². The molecule has 3 unspecified atom stereocenters. The molecule has 3 N–H and O–H groups in total. The molecule has 6 atom stereocenters. The fourth-order valence-electron chi connectivity index (χ4n) is 6.44. The van der Waals surface area contributed by atoms with Gasteiger partial charge in [0.25, 0.3) is 0 Å². The monoisotopic (exact) mass is 495 g/mol. The first kappa shape index (κ1) is 24.1. The summed E-state index contributed by atoms with van der Waals surface area (Å²) in [4.78, 5) is 42.5. The van der Waals surface area contributed by atoms with E-state index in [1.165, 1.54) is 0 Å². The van der Waals surface area contributed by atoms with Gasteiger partial charge in [-0.15, -0.1) is 11.8 Å². The summed E-state index contributed by atoms with van der Waals surface area (Å²) in [6.07, 6.45) is 2.03. The van der Waals surface area contributed by atoms with Crippen molar-refractivity contribution in [3.63, 3.8) is 0 Å². The average Bonchev–Trinajstić information content (AvgIpc) is 3.44. The van der Waals surface area contributed by atoms with E-state index in [4.69, 9.17) is 0 Å². The third-order valence-corrected chi connectivity index (χ3v) is 10.00. The molecule has 3 fully saturated rings. The Kier molecular flexibility index (Phi) is 6.53. The topological polar surface area (TPSA) is 98.7 Å². The smallest absolute Gasteiger partial charge is 0.248 e. The van der Waals surface area contributed by atoms with E-state index in [0.717, 1.165) is 23.6 Å². The summed E-state index contributed by atoms with van der Waals surface area (Å²) in [6.45, 7) is 4.93. The van der Waals surface area contributed by atoms with Crippen molar-refractivity contribution in [2.24, 2.45) is 17.8 Å². The van der Waals surface area contributed by atoms with Gasteiger partial charge in [-0.25, -0.2) is 0 Å². The van der Waals surface area contributed by atoms with Crippen LogP contribution in [0.2, 0.25) is 0 Å². The summed E-state index contributed by atoms with van der Waals surface area (Å²) < 4.78 is -0.646. The lowest BCUT2D eigenvalue weighted by molar-refractivity contribution is -0.139. The van der Waals surface area contributed by atoms with Crippen molar-refractivity contribution in [2.75, 3.05) is 25.0 Å². The number of hydrogen-bond donors (Lipinski definition) is 3. The number of amides is 3. The van der Waals surface area contributed by atoms with Crippen LogP contribution in [0.1, 0.15) is 33.1 Å². The van der Waals surface area contributed by atoms with Gasteiger partial charge in [-0.05, 0) is 48.1 Å². The fourth-order valence-corrected chi connectivity index (χ4v) is 8.87. The third kappa shape index (κ3) is 3.82. The van der Waals surface area contributed by atoms with Gasteiger partial charge in [-0.2, -0.15) is 0 Å². The molecule has 0 aromatic heterocycles. The van der Waals surface area contributed by atoms with Gasteiger partial charge in [0.2, 0.25) is 17.7 Å². The Hall–Kier alpha value is -2.58. The van der Waals surface area contributed by atoms with Gasteiger partial charge in [0, 0.05) is 30.6 Å². The van der Waals surface area contributed by atoms with Crippen LogP contribution in [0.5, 0.6) is 0 Å². The first-order valence-electron chi connectivity index (χ1n) is 12.6. The molecule has 3 aliphatic heterocycles. The zero-order chi connectivity index (χ0) is 24.7. The largest absolute Gasteiger partial charge is 0.396 e. The minimum absolute atomic E-state index is 0.0340. The highest BCUT2D eigenvalue weighted by atomic mass is 32.2. The lowest BCUT2D eigenvalue weighted by Gasteiger charge is -2.38. The van der Waals surface area contributed by atoms with Gasteiger partial charge in [-0.1, -0.05) is 44.2 Å². The molecular weight excluding hydrogens is 462 g/mol. The molecule has 0 radical (unpaired) electrons. The normalized spacial score (nSPS) is 31.1. The number of carbonyl (C=O) groups is 3. The van der Waals surface area contributed by atoms with Gasteiger partial charge in [0.05, 0.1) is 16.6 Å². The number of aliphatic hydroxyl groups is 1. The van der Waals surface area contributed by atoms with Crippen molar-refractivity contribution in [3.8, 4) is 0 Å². The Morgan fingerprint density at radius 1 is 1.17 bits per heavy atom. The van der Waals surface area contributed by atoms with Crippen LogP contribution >= 0.6 is 11.8 Å². The van der Waals surface area contributed by atoms with Gasteiger partial charge < -0.3 is 20.6 Å². The molecule has 1 spiro atoms. The fraction of sp³-hybridized carbons (Fsp3) is 0.519. The van der Waals surface area contributed by atoms with Crippen LogP contribution in [-0.2, 0) is 14.4 Å². The predicted molar refractivity (Wildman–Crippen MR) is 138 cm³/mol. The molecule has 5 rings (SSSR count). The van der Waals surface area contributed by atoms with E-state index < -0.39 is 22.6 Å². The number of rotatable bonds is 8. The van der Waals surface area contributed by atoms with Crippen LogP contribution in [0.3, 0.4) is 0 Å². The van der Waals surface area contributed by atoms with Crippen LogP contribution in [-0.4, -0.2) is 63.5 Å². The number of nitrogens with one attached hydrogen (secondary N) is 2. The van der Waals surface area contributed by atoms with Gasteiger partial charge in [0.15, 0.2) is 0 Å². The zero-order valence-corrected chi connectivity index (χ0v) is 21.0. The Morgan fingerprint density at radius 2 is 1.94 bits per heavy atom. The second kappa shape index (κ2) is 9.47. The zero-order valence-electron chi connectivity index (χ0n) is 20.2. The number of likely N-dealkylation sites (tertiary alicyclic amines) is 1. The molecule has 3 amide bonds. The molecule has 35 heavy (non-hydrogen) atoms.